The summed E-state index contributed by atoms with van der Waals surface area (Å²) in [5.41, 5.74) is 5.84. The Hall–Kier alpha value is -1.56. The number of likely N-dealkylation sites (tertiary alicyclic amines) is 1. The molecule has 0 bridgehead atoms. The van der Waals surface area contributed by atoms with Gasteiger partial charge in [-0.1, -0.05) is 29.8 Å². The number of amides is 1. The highest BCUT2D eigenvalue weighted by Crippen LogP contribution is 2.39. The molecule has 1 fully saturated rings. The molecular weight excluding hydrogens is 336 g/mol. The van der Waals surface area contributed by atoms with Crippen molar-refractivity contribution in [2.24, 2.45) is 11.3 Å². The van der Waals surface area contributed by atoms with Crippen LogP contribution < -0.4 is 5.73 Å². The van der Waals surface area contributed by atoms with E-state index < -0.39 is 11.4 Å². The first-order chi connectivity index (χ1) is 9.78. The number of hydrogen-bond acceptors (Lipinski definition) is 3. The summed E-state index contributed by atoms with van der Waals surface area (Å²) in [5, 5.41) is 9.53. The number of carboxylic acids is 1. The first-order valence-corrected chi connectivity index (χ1v) is 7.65. The van der Waals surface area contributed by atoms with Gasteiger partial charge in [0, 0.05) is 23.2 Å². The fourth-order valence-corrected chi connectivity index (χ4v) is 3.18. The molecule has 1 saturated heterocycles. The summed E-state index contributed by atoms with van der Waals surface area (Å²) < 4.78 is 0.806. The highest BCUT2D eigenvalue weighted by atomic mass is 79.9. The number of aliphatic carboxylic acids is 1. The number of anilines is 1. The first kappa shape index (κ1) is 15.8. The first-order valence-electron chi connectivity index (χ1n) is 6.85. The molecule has 1 aliphatic rings. The zero-order chi connectivity index (χ0) is 15.8. The van der Waals surface area contributed by atoms with Crippen LogP contribution in [0.25, 0.3) is 0 Å². The number of benzene rings is 1. The molecule has 0 aromatic heterocycles. The van der Waals surface area contributed by atoms with Gasteiger partial charge in [-0.3, -0.25) is 9.59 Å². The van der Waals surface area contributed by atoms with Crippen LogP contribution in [0.15, 0.2) is 22.7 Å². The number of nitrogen functional groups attached to an aromatic ring is 1. The van der Waals surface area contributed by atoms with Crippen LogP contribution in [0, 0.1) is 11.3 Å². The van der Waals surface area contributed by atoms with Crippen molar-refractivity contribution in [3.63, 3.8) is 0 Å². The van der Waals surface area contributed by atoms with Crippen molar-refractivity contribution in [3.05, 3.63) is 28.2 Å². The van der Waals surface area contributed by atoms with E-state index in [1.807, 2.05) is 13.8 Å². The number of halogens is 1. The lowest BCUT2D eigenvalue weighted by molar-refractivity contribution is -0.150. The molecule has 1 heterocycles. The Kier molecular flexibility index (Phi) is 4.27. The van der Waals surface area contributed by atoms with E-state index in [0.717, 1.165) is 4.47 Å². The Morgan fingerprint density at radius 3 is 2.57 bits per heavy atom. The van der Waals surface area contributed by atoms with E-state index in [1.165, 1.54) is 0 Å². The van der Waals surface area contributed by atoms with E-state index in [0.29, 0.717) is 24.2 Å². The normalized spacial score (nSPS) is 21.8. The monoisotopic (exact) mass is 354 g/mol. The van der Waals surface area contributed by atoms with E-state index in [4.69, 9.17) is 5.73 Å². The Bertz CT molecular complexity index is 588. The van der Waals surface area contributed by atoms with Crippen LogP contribution >= 0.6 is 15.9 Å². The topological polar surface area (TPSA) is 83.6 Å². The summed E-state index contributed by atoms with van der Waals surface area (Å²) in [6, 6.07) is 5.10. The third kappa shape index (κ3) is 2.77. The maximum Gasteiger partial charge on any atom is 0.311 e. The molecule has 1 aromatic carbocycles. The van der Waals surface area contributed by atoms with Gasteiger partial charge in [0.1, 0.15) is 0 Å². The maximum atomic E-state index is 12.5. The number of carbonyl (C=O) groups is 2. The van der Waals surface area contributed by atoms with E-state index in [2.05, 4.69) is 15.9 Å². The number of carboxylic acid groups (broad SMARTS) is 1. The maximum absolute atomic E-state index is 12.5. The third-order valence-corrected chi connectivity index (χ3v) is 4.86. The standard InChI is InChI=1S/C15H19BrN2O3/c1-9(2)15(14(20)21)5-6-18(8-15)13(19)11-4-3-10(16)7-12(11)17/h3-4,7,9H,5-6,8,17H2,1-2H3,(H,20,21). The van der Waals surface area contributed by atoms with E-state index in [-0.39, 0.29) is 18.4 Å². The van der Waals surface area contributed by atoms with Gasteiger partial charge in [-0.15, -0.1) is 0 Å². The van der Waals surface area contributed by atoms with Gasteiger partial charge in [0.15, 0.2) is 0 Å². The molecule has 6 heteroatoms. The minimum Gasteiger partial charge on any atom is -0.481 e. The van der Waals surface area contributed by atoms with Gasteiger partial charge in [0.2, 0.25) is 0 Å². The third-order valence-electron chi connectivity index (χ3n) is 4.36. The summed E-state index contributed by atoms with van der Waals surface area (Å²) in [7, 11) is 0. The second-order valence-electron chi connectivity index (χ2n) is 5.82. The molecule has 1 aromatic rings. The van der Waals surface area contributed by atoms with E-state index >= 15 is 0 Å². The SMILES string of the molecule is CC(C)C1(C(=O)O)CCN(C(=O)c2ccc(Br)cc2N)C1. The Labute approximate surface area is 132 Å². The van der Waals surface area contributed by atoms with Gasteiger partial charge in [0.05, 0.1) is 11.0 Å². The predicted octanol–water partition coefficient (Wildman–Crippen LogP) is 2.60. The quantitative estimate of drug-likeness (QED) is 0.817. The smallest absolute Gasteiger partial charge is 0.311 e. The fraction of sp³-hybridized carbons (Fsp3) is 0.467. The van der Waals surface area contributed by atoms with Crippen molar-refractivity contribution in [2.75, 3.05) is 18.8 Å². The van der Waals surface area contributed by atoms with Crippen LogP contribution in [0.3, 0.4) is 0 Å². The average Bonchev–Trinajstić information content (AvgIpc) is 2.84. The molecule has 0 saturated carbocycles. The Morgan fingerprint density at radius 2 is 2.10 bits per heavy atom. The molecule has 0 aliphatic carbocycles. The number of nitrogens with zero attached hydrogens (tertiary/aromatic N) is 1. The molecule has 0 spiro atoms. The second kappa shape index (κ2) is 5.67. The Morgan fingerprint density at radius 1 is 1.43 bits per heavy atom. The molecule has 114 valence electrons. The van der Waals surface area contributed by atoms with E-state index in [9.17, 15) is 14.7 Å². The zero-order valence-electron chi connectivity index (χ0n) is 12.1. The van der Waals surface area contributed by atoms with Crippen LogP contribution in [-0.4, -0.2) is 35.0 Å². The summed E-state index contributed by atoms with van der Waals surface area (Å²) in [5.74, 6) is -1.07. The van der Waals surface area contributed by atoms with Crippen LogP contribution in [0.1, 0.15) is 30.6 Å². The highest BCUT2D eigenvalue weighted by Gasteiger charge is 2.48. The van der Waals surface area contributed by atoms with Crippen molar-refractivity contribution < 1.29 is 14.7 Å². The van der Waals surface area contributed by atoms with Crippen LogP contribution in [0.2, 0.25) is 0 Å². The lowest BCUT2D eigenvalue weighted by Crippen LogP contribution is -2.40. The lowest BCUT2D eigenvalue weighted by Gasteiger charge is -2.28. The van der Waals surface area contributed by atoms with Crippen molar-refractivity contribution >= 4 is 33.5 Å². The Balaban J connectivity index is 2.25. The molecular formula is C15H19BrN2O3. The summed E-state index contributed by atoms with van der Waals surface area (Å²) >= 11 is 3.30. The minimum absolute atomic E-state index is 0.0323. The van der Waals surface area contributed by atoms with Gasteiger partial charge in [-0.25, -0.2) is 0 Å². The average molecular weight is 355 g/mol. The molecule has 0 radical (unpaired) electrons. The number of nitrogens with two attached hydrogens (primary N) is 1. The molecule has 3 N–H and O–H groups in total. The van der Waals surface area contributed by atoms with Crippen molar-refractivity contribution in [1.29, 1.82) is 0 Å². The fourth-order valence-electron chi connectivity index (χ4n) is 2.80. The number of carbonyl (C=O) groups excluding carboxylic acids is 1. The molecule has 1 unspecified atom stereocenters. The molecule has 5 nitrogen and oxygen atoms in total. The molecule has 1 aliphatic heterocycles. The summed E-state index contributed by atoms with van der Waals surface area (Å²) in [4.78, 5) is 25.8. The van der Waals surface area contributed by atoms with Crippen LogP contribution in [0.4, 0.5) is 5.69 Å². The van der Waals surface area contributed by atoms with Crippen molar-refractivity contribution in [1.82, 2.24) is 4.90 Å². The number of rotatable bonds is 3. The van der Waals surface area contributed by atoms with Crippen molar-refractivity contribution in [3.8, 4) is 0 Å². The van der Waals surface area contributed by atoms with E-state index in [1.54, 1.807) is 23.1 Å². The minimum atomic E-state index is -0.861. The molecule has 2 rings (SSSR count). The zero-order valence-corrected chi connectivity index (χ0v) is 13.7. The largest absolute Gasteiger partial charge is 0.481 e. The second-order valence-corrected chi connectivity index (χ2v) is 6.74. The molecule has 21 heavy (non-hydrogen) atoms. The van der Waals surface area contributed by atoms with Gasteiger partial charge >= 0.3 is 5.97 Å². The molecule has 1 atom stereocenters. The van der Waals surface area contributed by atoms with Gasteiger partial charge in [0.25, 0.3) is 5.91 Å². The summed E-state index contributed by atoms with van der Waals surface area (Å²) in [6.45, 7) is 4.44. The van der Waals surface area contributed by atoms with Crippen LogP contribution in [-0.2, 0) is 4.79 Å². The lowest BCUT2D eigenvalue weighted by atomic mass is 9.76. The van der Waals surface area contributed by atoms with Gasteiger partial charge < -0.3 is 15.7 Å². The number of hydrogen-bond donors (Lipinski definition) is 2. The van der Waals surface area contributed by atoms with Gasteiger partial charge in [-0.2, -0.15) is 0 Å². The van der Waals surface area contributed by atoms with Crippen LogP contribution in [0.5, 0.6) is 0 Å². The highest BCUT2D eigenvalue weighted by molar-refractivity contribution is 9.10. The van der Waals surface area contributed by atoms with Crippen molar-refractivity contribution in [2.45, 2.75) is 20.3 Å². The summed E-state index contributed by atoms with van der Waals surface area (Å²) in [6.07, 6.45) is 0.474. The van der Waals surface area contributed by atoms with Gasteiger partial charge in [-0.05, 0) is 30.5 Å². The predicted molar refractivity (Wildman–Crippen MR) is 84.0 cm³/mol. The molecule has 1 amide bonds.